The van der Waals surface area contributed by atoms with Gasteiger partial charge in [0, 0.05) is 17.8 Å². The fourth-order valence-corrected chi connectivity index (χ4v) is 2.34. The Labute approximate surface area is 151 Å². The molecular weight excluding hydrogens is 334 g/mol. The average molecular weight is 355 g/mol. The first-order chi connectivity index (χ1) is 12.4. The number of hydrogen-bond donors (Lipinski definition) is 3. The first-order valence-electron chi connectivity index (χ1n) is 8.09. The molecule has 0 bridgehead atoms. The molecule has 0 fully saturated rings. The number of hydrogen-bond acceptors (Lipinski definition) is 4. The number of nitrogens with zero attached hydrogens (tertiary/aromatic N) is 1. The number of carbonyl (C=O) groups is 3. The third-order valence-corrected chi connectivity index (χ3v) is 3.66. The van der Waals surface area contributed by atoms with Crippen LogP contribution in [0.25, 0.3) is 0 Å². The van der Waals surface area contributed by atoms with Crippen molar-refractivity contribution >= 4 is 23.5 Å². The maximum absolute atomic E-state index is 12.8. The SMILES string of the molecule is C[C@H](N)C(=O)NCc1cccc(C(=O)N(CC(=O)O)c2ccccc2)c1. The molecule has 0 aliphatic rings. The standard InChI is InChI=1S/C19H21N3O4/c1-13(20)18(25)21-11-14-6-5-7-15(10-14)19(26)22(12-17(23)24)16-8-3-2-4-9-16/h2-10,13H,11-12,20H2,1H3,(H,21,25)(H,23,24)/t13-/m0/s1. The van der Waals surface area contributed by atoms with Gasteiger partial charge in [0.05, 0.1) is 6.04 Å². The Kier molecular flexibility index (Phi) is 6.46. The van der Waals surface area contributed by atoms with Crippen molar-refractivity contribution < 1.29 is 19.5 Å². The fraction of sp³-hybridized carbons (Fsp3) is 0.211. The monoisotopic (exact) mass is 355 g/mol. The molecule has 7 heteroatoms. The molecule has 0 aromatic heterocycles. The molecule has 26 heavy (non-hydrogen) atoms. The lowest BCUT2D eigenvalue weighted by atomic mass is 10.1. The van der Waals surface area contributed by atoms with Crippen LogP contribution in [0.4, 0.5) is 5.69 Å². The Morgan fingerprint density at radius 2 is 1.81 bits per heavy atom. The number of benzene rings is 2. The lowest BCUT2D eigenvalue weighted by Gasteiger charge is -2.21. The van der Waals surface area contributed by atoms with Gasteiger partial charge in [0.15, 0.2) is 0 Å². The highest BCUT2D eigenvalue weighted by Crippen LogP contribution is 2.17. The molecule has 2 rings (SSSR count). The normalized spacial score (nSPS) is 11.5. The van der Waals surface area contributed by atoms with Gasteiger partial charge in [-0.2, -0.15) is 0 Å². The van der Waals surface area contributed by atoms with Gasteiger partial charge in [0.25, 0.3) is 5.91 Å². The van der Waals surface area contributed by atoms with Crippen molar-refractivity contribution in [3.05, 3.63) is 65.7 Å². The van der Waals surface area contributed by atoms with Crippen LogP contribution in [0.15, 0.2) is 54.6 Å². The van der Waals surface area contributed by atoms with Crippen LogP contribution in [0, 0.1) is 0 Å². The van der Waals surface area contributed by atoms with E-state index in [1.54, 1.807) is 61.5 Å². The Balaban J connectivity index is 2.22. The van der Waals surface area contributed by atoms with Crippen molar-refractivity contribution in [1.29, 1.82) is 0 Å². The Bertz CT molecular complexity index is 790. The van der Waals surface area contributed by atoms with Gasteiger partial charge in [0.1, 0.15) is 6.54 Å². The lowest BCUT2D eigenvalue weighted by Crippen LogP contribution is -2.38. The highest BCUT2D eigenvalue weighted by Gasteiger charge is 2.20. The number of anilines is 1. The number of para-hydroxylation sites is 1. The van der Waals surface area contributed by atoms with Crippen molar-refractivity contribution in [2.75, 3.05) is 11.4 Å². The third-order valence-electron chi connectivity index (χ3n) is 3.66. The molecule has 0 saturated carbocycles. The molecule has 0 radical (unpaired) electrons. The summed E-state index contributed by atoms with van der Waals surface area (Å²) in [5.41, 5.74) is 7.05. The number of carbonyl (C=O) groups excluding carboxylic acids is 2. The van der Waals surface area contributed by atoms with Crippen LogP contribution in [0.5, 0.6) is 0 Å². The summed E-state index contributed by atoms with van der Waals surface area (Å²) in [4.78, 5) is 36.8. The Morgan fingerprint density at radius 1 is 1.12 bits per heavy atom. The molecule has 0 heterocycles. The molecule has 7 nitrogen and oxygen atoms in total. The second kappa shape index (κ2) is 8.77. The number of nitrogens with two attached hydrogens (primary N) is 1. The molecule has 136 valence electrons. The van der Waals surface area contributed by atoms with E-state index in [2.05, 4.69) is 5.32 Å². The lowest BCUT2D eigenvalue weighted by molar-refractivity contribution is -0.135. The molecular formula is C19H21N3O4. The van der Waals surface area contributed by atoms with E-state index in [0.717, 1.165) is 0 Å². The van der Waals surface area contributed by atoms with E-state index < -0.39 is 24.5 Å². The predicted molar refractivity (Wildman–Crippen MR) is 97.7 cm³/mol. The van der Waals surface area contributed by atoms with Crippen molar-refractivity contribution in [2.24, 2.45) is 5.73 Å². The van der Waals surface area contributed by atoms with Gasteiger partial charge in [-0.1, -0.05) is 30.3 Å². The molecule has 1 atom stereocenters. The number of carboxylic acid groups (broad SMARTS) is 1. The molecule has 2 aromatic carbocycles. The van der Waals surface area contributed by atoms with Gasteiger partial charge in [0.2, 0.25) is 5.91 Å². The van der Waals surface area contributed by atoms with Crippen LogP contribution in [0.2, 0.25) is 0 Å². The molecule has 0 saturated heterocycles. The summed E-state index contributed by atoms with van der Waals surface area (Å²) >= 11 is 0. The number of aliphatic carboxylic acids is 1. The summed E-state index contributed by atoms with van der Waals surface area (Å²) in [6, 6.07) is 14.7. The first kappa shape index (κ1) is 19.1. The van der Waals surface area contributed by atoms with Gasteiger partial charge < -0.3 is 16.2 Å². The smallest absolute Gasteiger partial charge is 0.323 e. The molecule has 0 unspecified atom stereocenters. The third kappa shape index (κ3) is 5.15. The summed E-state index contributed by atoms with van der Waals surface area (Å²) in [6.07, 6.45) is 0. The van der Waals surface area contributed by atoms with E-state index in [9.17, 15) is 14.4 Å². The van der Waals surface area contributed by atoms with Gasteiger partial charge >= 0.3 is 5.97 Å². The van der Waals surface area contributed by atoms with Crippen LogP contribution in [-0.2, 0) is 16.1 Å². The van der Waals surface area contributed by atoms with Crippen LogP contribution in [-0.4, -0.2) is 35.5 Å². The van der Waals surface area contributed by atoms with Crippen LogP contribution in [0.1, 0.15) is 22.8 Å². The van der Waals surface area contributed by atoms with Gasteiger partial charge in [-0.25, -0.2) is 0 Å². The molecule has 4 N–H and O–H groups in total. The number of nitrogens with one attached hydrogen (secondary N) is 1. The van der Waals surface area contributed by atoms with E-state index in [-0.39, 0.29) is 12.5 Å². The predicted octanol–water partition coefficient (Wildman–Crippen LogP) is 1.38. The van der Waals surface area contributed by atoms with E-state index >= 15 is 0 Å². The summed E-state index contributed by atoms with van der Waals surface area (Å²) in [7, 11) is 0. The zero-order chi connectivity index (χ0) is 19.1. The van der Waals surface area contributed by atoms with Crippen molar-refractivity contribution in [1.82, 2.24) is 5.32 Å². The van der Waals surface area contributed by atoms with Gasteiger partial charge in [-0.05, 0) is 36.8 Å². The highest BCUT2D eigenvalue weighted by atomic mass is 16.4. The summed E-state index contributed by atoms with van der Waals surface area (Å²) in [5, 5.41) is 11.8. The average Bonchev–Trinajstić information content (AvgIpc) is 2.64. The summed E-state index contributed by atoms with van der Waals surface area (Å²) in [5.74, 6) is -1.83. The quantitative estimate of drug-likeness (QED) is 0.694. The van der Waals surface area contributed by atoms with Crippen LogP contribution < -0.4 is 16.0 Å². The molecule has 2 amide bonds. The van der Waals surface area contributed by atoms with E-state index in [1.165, 1.54) is 4.90 Å². The second-order valence-corrected chi connectivity index (χ2v) is 5.83. The largest absolute Gasteiger partial charge is 0.480 e. The first-order valence-corrected chi connectivity index (χ1v) is 8.09. The minimum Gasteiger partial charge on any atom is -0.480 e. The molecule has 2 aromatic rings. The van der Waals surface area contributed by atoms with Crippen molar-refractivity contribution in [2.45, 2.75) is 19.5 Å². The minimum atomic E-state index is -1.11. The second-order valence-electron chi connectivity index (χ2n) is 5.83. The van der Waals surface area contributed by atoms with Crippen molar-refractivity contribution in [3.63, 3.8) is 0 Å². The minimum absolute atomic E-state index is 0.228. The molecule has 0 aliphatic carbocycles. The number of carboxylic acids is 1. The van der Waals surface area contributed by atoms with Gasteiger partial charge in [-0.15, -0.1) is 0 Å². The number of amides is 2. The highest BCUT2D eigenvalue weighted by molar-refractivity contribution is 6.08. The zero-order valence-corrected chi connectivity index (χ0v) is 14.4. The Morgan fingerprint density at radius 3 is 2.42 bits per heavy atom. The van der Waals surface area contributed by atoms with E-state index in [1.807, 2.05) is 0 Å². The van der Waals surface area contributed by atoms with Gasteiger partial charge in [-0.3, -0.25) is 19.3 Å². The van der Waals surface area contributed by atoms with E-state index in [0.29, 0.717) is 16.8 Å². The topological polar surface area (TPSA) is 113 Å². The van der Waals surface area contributed by atoms with Crippen LogP contribution >= 0.6 is 0 Å². The van der Waals surface area contributed by atoms with E-state index in [4.69, 9.17) is 10.8 Å². The Hall–Kier alpha value is -3.19. The summed E-state index contributed by atoms with van der Waals surface area (Å²) < 4.78 is 0. The maximum atomic E-state index is 12.8. The number of rotatable bonds is 7. The fourth-order valence-electron chi connectivity index (χ4n) is 2.34. The van der Waals surface area contributed by atoms with Crippen molar-refractivity contribution in [3.8, 4) is 0 Å². The van der Waals surface area contributed by atoms with Crippen LogP contribution in [0.3, 0.4) is 0 Å². The summed E-state index contributed by atoms with van der Waals surface area (Å²) in [6.45, 7) is 1.36. The maximum Gasteiger partial charge on any atom is 0.323 e. The zero-order valence-electron chi connectivity index (χ0n) is 14.4. The molecule has 0 spiro atoms. The molecule has 0 aliphatic heterocycles.